The number of ketones is 1. The maximum absolute atomic E-state index is 13.7. The second kappa shape index (κ2) is 6.00. The fourth-order valence-corrected chi connectivity index (χ4v) is 5.65. The first-order chi connectivity index (χ1) is 12.3. The smallest absolute Gasteiger partial charge is 0.174 e. The van der Waals surface area contributed by atoms with Crippen LogP contribution in [-0.2, 0) is 5.41 Å². The van der Waals surface area contributed by atoms with Gasteiger partial charge in [0.05, 0.1) is 5.41 Å². The van der Waals surface area contributed by atoms with E-state index in [1.165, 1.54) is 29.8 Å². The SMILES string of the molecule is O=C1c2ccccc2Sc2ccccc2C12CCN(CC1CC1)CC2. The molecule has 5 rings (SSSR count). The van der Waals surface area contributed by atoms with Crippen molar-refractivity contribution < 1.29 is 4.79 Å². The van der Waals surface area contributed by atoms with Crippen LogP contribution >= 0.6 is 11.8 Å². The summed E-state index contributed by atoms with van der Waals surface area (Å²) in [6.07, 6.45) is 4.69. The Morgan fingerprint density at radius 3 is 2.40 bits per heavy atom. The Morgan fingerprint density at radius 2 is 1.64 bits per heavy atom. The summed E-state index contributed by atoms with van der Waals surface area (Å²) in [6.45, 7) is 3.32. The highest BCUT2D eigenvalue weighted by Gasteiger charge is 2.46. The summed E-state index contributed by atoms with van der Waals surface area (Å²) in [6, 6.07) is 16.7. The molecule has 25 heavy (non-hydrogen) atoms. The lowest BCUT2D eigenvalue weighted by molar-refractivity contribution is 0.0760. The molecule has 2 aromatic rings. The van der Waals surface area contributed by atoms with E-state index in [0.29, 0.717) is 5.78 Å². The lowest BCUT2D eigenvalue weighted by Gasteiger charge is -2.41. The zero-order valence-electron chi connectivity index (χ0n) is 14.4. The minimum atomic E-state index is -0.337. The third-order valence-corrected chi connectivity index (χ3v) is 7.26. The number of rotatable bonds is 2. The summed E-state index contributed by atoms with van der Waals surface area (Å²) in [4.78, 5) is 18.6. The predicted molar refractivity (Wildman–Crippen MR) is 101 cm³/mol. The van der Waals surface area contributed by atoms with Gasteiger partial charge in [0.1, 0.15) is 0 Å². The van der Waals surface area contributed by atoms with Crippen LogP contribution in [0, 0.1) is 5.92 Å². The van der Waals surface area contributed by atoms with E-state index < -0.39 is 0 Å². The molecule has 1 saturated carbocycles. The molecule has 2 aromatic carbocycles. The third-order valence-electron chi connectivity index (χ3n) is 6.11. The minimum absolute atomic E-state index is 0.337. The number of carbonyl (C=O) groups is 1. The molecule has 0 N–H and O–H groups in total. The molecule has 1 spiro atoms. The Balaban J connectivity index is 1.56. The van der Waals surface area contributed by atoms with Gasteiger partial charge in [0.15, 0.2) is 5.78 Å². The number of benzene rings is 2. The van der Waals surface area contributed by atoms with Crippen molar-refractivity contribution in [2.24, 2.45) is 5.92 Å². The maximum Gasteiger partial charge on any atom is 0.174 e. The van der Waals surface area contributed by atoms with Gasteiger partial charge in [0.2, 0.25) is 0 Å². The summed E-state index contributed by atoms with van der Waals surface area (Å²) in [5, 5.41) is 0. The zero-order chi connectivity index (χ0) is 16.9. The number of hydrogen-bond acceptors (Lipinski definition) is 3. The third kappa shape index (κ3) is 2.65. The lowest BCUT2D eigenvalue weighted by Crippen LogP contribution is -2.47. The van der Waals surface area contributed by atoms with Crippen molar-refractivity contribution >= 4 is 17.5 Å². The fraction of sp³-hybridized carbons (Fsp3) is 0.409. The first kappa shape index (κ1) is 15.7. The van der Waals surface area contributed by atoms with Gasteiger partial charge in [-0.15, -0.1) is 0 Å². The average molecular weight is 349 g/mol. The van der Waals surface area contributed by atoms with Gasteiger partial charge in [-0.1, -0.05) is 48.2 Å². The van der Waals surface area contributed by atoms with E-state index in [1.807, 2.05) is 18.2 Å². The Bertz CT molecular complexity index is 818. The second-order valence-electron chi connectivity index (χ2n) is 7.75. The molecular formula is C22H23NOS. The highest BCUT2D eigenvalue weighted by molar-refractivity contribution is 7.99. The molecule has 0 unspecified atom stereocenters. The summed E-state index contributed by atoms with van der Waals surface area (Å²) < 4.78 is 0. The summed E-state index contributed by atoms with van der Waals surface area (Å²) in [7, 11) is 0. The van der Waals surface area contributed by atoms with Crippen molar-refractivity contribution in [1.29, 1.82) is 0 Å². The van der Waals surface area contributed by atoms with E-state index in [9.17, 15) is 4.79 Å². The van der Waals surface area contributed by atoms with E-state index in [-0.39, 0.29) is 5.41 Å². The van der Waals surface area contributed by atoms with Crippen molar-refractivity contribution in [2.45, 2.75) is 40.9 Å². The summed E-state index contributed by atoms with van der Waals surface area (Å²) >= 11 is 1.76. The fourth-order valence-electron chi connectivity index (χ4n) is 4.47. The van der Waals surface area contributed by atoms with Crippen LogP contribution in [0.2, 0.25) is 0 Å². The molecule has 1 saturated heterocycles. The largest absolute Gasteiger partial charge is 0.303 e. The van der Waals surface area contributed by atoms with E-state index in [4.69, 9.17) is 0 Å². The van der Waals surface area contributed by atoms with E-state index in [2.05, 4.69) is 35.2 Å². The molecule has 2 nitrogen and oxygen atoms in total. The molecule has 2 heterocycles. The van der Waals surface area contributed by atoms with Gasteiger partial charge in [-0.25, -0.2) is 0 Å². The van der Waals surface area contributed by atoms with Crippen molar-refractivity contribution in [3.05, 3.63) is 59.7 Å². The number of fused-ring (bicyclic) bond motifs is 3. The van der Waals surface area contributed by atoms with Crippen molar-refractivity contribution in [2.75, 3.05) is 19.6 Å². The Morgan fingerprint density at radius 1 is 0.960 bits per heavy atom. The van der Waals surface area contributed by atoms with Gasteiger partial charge < -0.3 is 4.90 Å². The number of likely N-dealkylation sites (tertiary alicyclic amines) is 1. The van der Waals surface area contributed by atoms with Crippen LogP contribution in [0.1, 0.15) is 41.6 Å². The molecular weight excluding hydrogens is 326 g/mol. The normalized spacial score (nSPS) is 22.3. The predicted octanol–water partition coefficient (Wildman–Crippen LogP) is 4.78. The summed E-state index contributed by atoms with van der Waals surface area (Å²) in [5.74, 6) is 1.26. The highest BCUT2D eigenvalue weighted by atomic mass is 32.2. The standard InChI is InChI=1S/C22H23NOS/c24-21-17-5-1-3-7-19(17)25-20-8-4-2-6-18(20)22(21)11-13-23(14-12-22)15-16-9-10-16/h1-8,16H,9-15H2. The van der Waals surface area contributed by atoms with Gasteiger partial charge in [0.25, 0.3) is 0 Å². The number of Topliss-reactive ketones (excluding diaryl/α,β-unsaturated/α-hetero) is 1. The van der Waals surface area contributed by atoms with Crippen LogP contribution in [0.15, 0.2) is 58.3 Å². The molecule has 3 aliphatic rings. The molecule has 2 aliphatic heterocycles. The van der Waals surface area contributed by atoms with Crippen LogP contribution < -0.4 is 0 Å². The lowest BCUT2D eigenvalue weighted by atomic mass is 9.68. The van der Waals surface area contributed by atoms with Gasteiger partial charge in [-0.2, -0.15) is 0 Å². The van der Waals surface area contributed by atoms with Crippen LogP contribution in [-0.4, -0.2) is 30.3 Å². The molecule has 0 amide bonds. The number of carbonyl (C=O) groups excluding carboxylic acids is 1. The van der Waals surface area contributed by atoms with Crippen molar-refractivity contribution in [3.8, 4) is 0 Å². The first-order valence-corrected chi connectivity index (χ1v) is 10.2. The molecule has 2 fully saturated rings. The molecule has 0 atom stereocenters. The van der Waals surface area contributed by atoms with Crippen LogP contribution in [0.5, 0.6) is 0 Å². The van der Waals surface area contributed by atoms with Gasteiger partial charge in [-0.3, -0.25) is 4.79 Å². The number of hydrogen-bond donors (Lipinski definition) is 0. The molecule has 0 radical (unpaired) electrons. The van der Waals surface area contributed by atoms with Gasteiger partial charge in [-0.05, 0) is 62.4 Å². The average Bonchev–Trinajstić information content (AvgIpc) is 3.47. The molecule has 3 heteroatoms. The molecule has 1 aliphatic carbocycles. The first-order valence-electron chi connectivity index (χ1n) is 9.40. The zero-order valence-corrected chi connectivity index (χ0v) is 15.2. The van der Waals surface area contributed by atoms with E-state index in [0.717, 1.165) is 42.3 Å². The molecule has 128 valence electrons. The Hall–Kier alpha value is -1.58. The summed E-state index contributed by atoms with van der Waals surface area (Å²) in [5.41, 5.74) is 1.84. The quantitative estimate of drug-likeness (QED) is 0.778. The van der Waals surface area contributed by atoms with Crippen LogP contribution in [0.3, 0.4) is 0 Å². The number of piperidine rings is 1. The van der Waals surface area contributed by atoms with Crippen LogP contribution in [0.4, 0.5) is 0 Å². The van der Waals surface area contributed by atoms with Crippen molar-refractivity contribution in [1.82, 2.24) is 4.90 Å². The van der Waals surface area contributed by atoms with E-state index >= 15 is 0 Å². The van der Waals surface area contributed by atoms with E-state index in [1.54, 1.807) is 11.8 Å². The topological polar surface area (TPSA) is 20.3 Å². The Kier molecular flexibility index (Phi) is 3.76. The van der Waals surface area contributed by atoms with Crippen molar-refractivity contribution in [3.63, 3.8) is 0 Å². The monoisotopic (exact) mass is 349 g/mol. The van der Waals surface area contributed by atoms with Gasteiger partial charge in [0, 0.05) is 21.9 Å². The molecule has 0 bridgehead atoms. The Labute approximate surface area is 153 Å². The molecule has 0 aromatic heterocycles. The van der Waals surface area contributed by atoms with Crippen LogP contribution in [0.25, 0.3) is 0 Å². The second-order valence-corrected chi connectivity index (χ2v) is 8.83. The number of nitrogens with zero attached hydrogens (tertiary/aromatic N) is 1. The highest BCUT2D eigenvalue weighted by Crippen LogP contribution is 2.49. The van der Waals surface area contributed by atoms with Gasteiger partial charge >= 0.3 is 0 Å². The maximum atomic E-state index is 13.7. The minimum Gasteiger partial charge on any atom is -0.303 e.